The largest absolute Gasteiger partial charge is 0.370 e. The average Bonchev–Trinajstić information content (AvgIpc) is 2.17. The van der Waals surface area contributed by atoms with Crippen molar-refractivity contribution in [1.82, 2.24) is 5.32 Å². The van der Waals surface area contributed by atoms with E-state index in [2.05, 4.69) is 36.1 Å². The maximum atomic E-state index is 5.67. The minimum absolute atomic E-state index is 0.120. The highest BCUT2D eigenvalue weighted by molar-refractivity contribution is 5.97. The molecule has 5 heteroatoms. The minimum Gasteiger partial charge on any atom is -0.370 e. The minimum atomic E-state index is -0.120. The highest BCUT2D eigenvalue weighted by atomic mass is 15.2. The number of rotatable bonds is 3. The Bertz CT molecular complexity index is 227. The molecule has 0 unspecified atom stereocenters. The summed E-state index contributed by atoms with van der Waals surface area (Å²) in [5.41, 5.74) is 11.0. The van der Waals surface area contributed by atoms with Gasteiger partial charge in [0, 0.05) is 7.05 Å². The molecule has 0 rings (SSSR count). The maximum Gasteiger partial charge on any atom is 0.195 e. The van der Waals surface area contributed by atoms with E-state index in [-0.39, 0.29) is 11.5 Å². The molecule has 5 nitrogen and oxygen atoms in total. The van der Waals surface area contributed by atoms with Crippen LogP contribution in [0.4, 0.5) is 0 Å². The topological polar surface area (TPSA) is 88.8 Å². The normalized spacial score (nSPS) is 14.3. The van der Waals surface area contributed by atoms with Crippen LogP contribution in [-0.2, 0) is 0 Å². The molecule has 0 amide bonds. The second kappa shape index (κ2) is 5.47. The van der Waals surface area contributed by atoms with Gasteiger partial charge in [-0.2, -0.15) is 0 Å². The zero-order chi connectivity index (χ0) is 11.2. The van der Waals surface area contributed by atoms with Crippen LogP contribution >= 0.6 is 0 Å². The second-order valence-corrected chi connectivity index (χ2v) is 3.43. The van der Waals surface area contributed by atoms with Gasteiger partial charge in [0.15, 0.2) is 11.9 Å². The van der Waals surface area contributed by atoms with Gasteiger partial charge in [-0.15, -0.1) is 0 Å². The van der Waals surface area contributed by atoms with E-state index >= 15 is 0 Å². The van der Waals surface area contributed by atoms with Crippen LogP contribution in [0.25, 0.3) is 0 Å². The Balaban J connectivity index is 4.49. The molecule has 0 fully saturated rings. The Morgan fingerprint density at radius 3 is 2.07 bits per heavy atom. The van der Waals surface area contributed by atoms with Crippen molar-refractivity contribution in [2.45, 2.75) is 39.2 Å². The van der Waals surface area contributed by atoms with E-state index < -0.39 is 0 Å². The molecule has 0 bridgehead atoms. The summed E-state index contributed by atoms with van der Waals surface area (Å²) < 4.78 is 0. The van der Waals surface area contributed by atoms with Crippen molar-refractivity contribution in [2.24, 2.45) is 21.5 Å². The van der Waals surface area contributed by atoms with E-state index in [1.807, 2.05) is 0 Å². The molecular weight excluding hydrogens is 178 g/mol. The summed E-state index contributed by atoms with van der Waals surface area (Å²) in [6.07, 6.45) is 1.88. The third kappa shape index (κ3) is 4.11. The third-order valence-corrected chi connectivity index (χ3v) is 2.41. The van der Waals surface area contributed by atoms with E-state index in [0.29, 0.717) is 5.96 Å². The van der Waals surface area contributed by atoms with E-state index in [1.165, 1.54) is 0 Å². The van der Waals surface area contributed by atoms with Crippen LogP contribution in [0.5, 0.6) is 0 Å². The summed E-state index contributed by atoms with van der Waals surface area (Å²) in [6.45, 7) is 6.22. The molecule has 0 aliphatic rings. The summed E-state index contributed by atoms with van der Waals surface area (Å²) in [5.74, 6) is 0.597. The second-order valence-electron chi connectivity index (χ2n) is 3.43. The number of nitrogens with two attached hydrogens (primary N) is 2. The van der Waals surface area contributed by atoms with Crippen LogP contribution in [0.1, 0.15) is 33.6 Å². The number of nitrogens with one attached hydrogen (secondary N) is 1. The van der Waals surface area contributed by atoms with Gasteiger partial charge in [-0.05, 0) is 19.8 Å². The number of hydrogen-bond donors (Lipinski definition) is 3. The average molecular weight is 199 g/mol. The van der Waals surface area contributed by atoms with Gasteiger partial charge in [0.1, 0.15) is 0 Å². The Labute approximate surface area is 85.7 Å². The quantitative estimate of drug-likeness (QED) is 0.454. The zero-order valence-electron chi connectivity index (χ0n) is 9.46. The highest BCUT2D eigenvalue weighted by Crippen LogP contribution is 2.18. The fourth-order valence-corrected chi connectivity index (χ4v) is 0.914. The Hall–Kier alpha value is -1.26. The number of aliphatic imine (C=N–C) groups is 2. The molecule has 0 aliphatic carbocycles. The number of hydrogen-bond acceptors (Lipinski definition) is 2. The smallest absolute Gasteiger partial charge is 0.195 e. The lowest BCUT2D eigenvalue weighted by Gasteiger charge is -2.22. The summed E-state index contributed by atoms with van der Waals surface area (Å²) in [5, 5.41) is 2.71. The molecule has 82 valence electrons. The fourth-order valence-electron chi connectivity index (χ4n) is 0.914. The molecule has 14 heavy (non-hydrogen) atoms. The van der Waals surface area contributed by atoms with Crippen LogP contribution in [0.15, 0.2) is 9.98 Å². The first-order chi connectivity index (χ1) is 6.47. The molecule has 0 aliphatic heterocycles. The van der Waals surface area contributed by atoms with E-state index in [0.717, 1.165) is 12.8 Å². The lowest BCUT2D eigenvalue weighted by Crippen LogP contribution is -2.43. The molecule has 0 aromatic rings. The van der Waals surface area contributed by atoms with Gasteiger partial charge >= 0.3 is 0 Å². The lowest BCUT2D eigenvalue weighted by atomic mass is 9.97. The fraction of sp³-hybridized carbons (Fsp3) is 0.778. The first kappa shape index (κ1) is 12.7. The van der Waals surface area contributed by atoms with Gasteiger partial charge in [-0.25, -0.2) is 4.99 Å². The molecule has 0 spiro atoms. The SMILES string of the molecule is CCC(C)(CC)N=C(N)NC(N)=NC. The zero-order valence-corrected chi connectivity index (χ0v) is 9.46. The van der Waals surface area contributed by atoms with E-state index in [1.54, 1.807) is 7.05 Å². The van der Waals surface area contributed by atoms with Crippen molar-refractivity contribution in [3.05, 3.63) is 0 Å². The van der Waals surface area contributed by atoms with Crippen LogP contribution in [-0.4, -0.2) is 24.5 Å². The van der Waals surface area contributed by atoms with Gasteiger partial charge in [-0.1, -0.05) is 13.8 Å². The van der Waals surface area contributed by atoms with E-state index in [4.69, 9.17) is 11.5 Å². The Morgan fingerprint density at radius 1 is 1.21 bits per heavy atom. The van der Waals surface area contributed by atoms with Crippen molar-refractivity contribution in [3.8, 4) is 0 Å². The molecule has 5 N–H and O–H groups in total. The number of nitrogens with zero attached hydrogens (tertiary/aromatic N) is 2. The van der Waals surface area contributed by atoms with Crippen LogP contribution < -0.4 is 16.8 Å². The molecule has 0 saturated carbocycles. The first-order valence-electron chi connectivity index (χ1n) is 4.82. The van der Waals surface area contributed by atoms with Crippen molar-refractivity contribution < 1.29 is 0 Å². The monoisotopic (exact) mass is 199 g/mol. The van der Waals surface area contributed by atoms with Gasteiger partial charge in [-0.3, -0.25) is 10.3 Å². The summed E-state index contributed by atoms with van der Waals surface area (Å²) >= 11 is 0. The van der Waals surface area contributed by atoms with Gasteiger partial charge in [0.25, 0.3) is 0 Å². The first-order valence-corrected chi connectivity index (χ1v) is 4.82. The third-order valence-electron chi connectivity index (χ3n) is 2.41. The highest BCUT2D eigenvalue weighted by Gasteiger charge is 2.18. The Kier molecular flexibility index (Phi) is 4.97. The lowest BCUT2D eigenvalue weighted by molar-refractivity contribution is 0.439. The molecular formula is C9H21N5. The standard InChI is InChI=1S/C9H21N5/c1-5-9(3,6-2)14-8(11)13-7(10)12-4/h5-6H2,1-4H3,(H5,10,11,12,13,14). The predicted octanol–water partition coefficient (Wildman–Crippen LogP) is 0.414. The predicted molar refractivity (Wildman–Crippen MR) is 61.3 cm³/mol. The van der Waals surface area contributed by atoms with Crippen molar-refractivity contribution in [2.75, 3.05) is 7.05 Å². The van der Waals surface area contributed by atoms with Crippen molar-refractivity contribution in [3.63, 3.8) is 0 Å². The van der Waals surface area contributed by atoms with Crippen LogP contribution in [0.3, 0.4) is 0 Å². The maximum absolute atomic E-state index is 5.67. The molecule has 0 atom stereocenters. The van der Waals surface area contributed by atoms with Crippen LogP contribution in [0.2, 0.25) is 0 Å². The summed E-state index contributed by atoms with van der Waals surface area (Å²) in [4.78, 5) is 8.09. The molecule has 0 aromatic heterocycles. The molecule has 0 radical (unpaired) electrons. The molecule has 0 saturated heterocycles. The summed E-state index contributed by atoms with van der Waals surface area (Å²) in [6, 6.07) is 0. The van der Waals surface area contributed by atoms with E-state index in [9.17, 15) is 0 Å². The van der Waals surface area contributed by atoms with Gasteiger partial charge in [0.2, 0.25) is 0 Å². The molecule has 0 aromatic carbocycles. The molecule has 0 heterocycles. The van der Waals surface area contributed by atoms with Gasteiger partial charge in [0.05, 0.1) is 5.54 Å². The summed E-state index contributed by atoms with van der Waals surface area (Å²) in [7, 11) is 1.59. The van der Waals surface area contributed by atoms with Crippen molar-refractivity contribution in [1.29, 1.82) is 0 Å². The number of guanidine groups is 2. The van der Waals surface area contributed by atoms with Crippen molar-refractivity contribution >= 4 is 11.9 Å². The van der Waals surface area contributed by atoms with Gasteiger partial charge < -0.3 is 11.5 Å². The van der Waals surface area contributed by atoms with Crippen LogP contribution in [0, 0.1) is 0 Å². The Morgan fingerprint density at radius 2 is 1.71 bits per heavy atom.